The molecular formula is C17H24N6S. The molecular weight excluding hydrogens is 320 g/mol. The topological polar surface area (TPSA) is 73.5 Å². The van der Waals surface area contributed by atoms with E-state index < -0.39 is 0 Å². The highest BCUT2D eigenvalue weighted by Crippen LogP contribution is 2.20. The average Bonchev–Trinajstić information content (AvgIpc) is 3.26. The van der Waals surface area contributed by atoms with Crippen LogP contribution in [0.1, 0.15) is 33.9 Å². The van der Waals surface area contributed by atoms with Crippen LogP contribution in [-0.2, 0) is 12.8 Å². The molecule has 0 aliphatic heterocycles. The summed E-state index contributed by atoms with van der Waals surface area (Å²) >= 11 is 1.69. The minimum atomic E-state index is 0.935. The summed E-state index contributed by atoms with van der Waals surface area (Å²) in [5, 5.41) is 17.8. The van der Waals surface area contributed by atoms with Crippen molar-refractivity contribution >= 4 is 16.5 Å². The van der Waals surface area contributed by atoms with Crippen LogP contribution in [0.3, 0.4) is 0 Å². The third kappa shape index (κ3) is 3.51. The highest BCUT2D eigenvalue weighted by Gasteiger charge is 2.14. The Balaban J connectivity index is 1.70. The molecule has 7 heteroatoms. The van der Waals surface area contributed by atoms with Gasteiger partial charge in [0.05, 0.1) is 11.4 Å². The molecule has 3 aromatic heterocycles. The molecule has 6 nitrogen and oxygen atoms in total. The lowest BCUT2D eigenvalue weighted by atomic mass is 10.1. The van der Waals surface area contributed by atoms with Gasteiger partial charge in [-0.3, -0.25) is 10.2 Å². The van der Waals surface area contributed by atoms with Gasteiger partial charge >= 0.3 is 0 Å². The van der Waals surface area contributed by atoms with E-state index in [1.54, 1.807) is 11.3 Å². The fourth-order valence-electron chi connectivity index (χ4n) is 3.05. The molecule has 128 valence electrons. The van der Waals surface area contributed by atoms with Crippen molar-refractivity contribution in [3.8, 4) is 0 Å². The van der Waals surface area contributed by atoms with Gasteiger partial charge < -0.3 is 4.90 Å². The molecule has 0 saturated heterocycles. The van der Waals surface area contributed by atoms with E-state index in [9.17, 15) is 0 Å². The van der Waals surface area contributed by atoms with Crippen LogP contribution in [0.2, 0.25) is 0 Å². The number of thiazole rings is 1. The van der Waals surface area contributed by atoms with Gasteiger partial charge in [0.25, 0.3) is 0 Å². The first-order valence-electron chi connectivity index (χ1n) is 8.21. The monoisotopic (exact) mass is 344 g/mol. The SMILES string of the molecule is Cc1n[nH]c(C)c1CCN(CCc1c(C)n[nH]c1C)c1nccs1. The Kier molecular flexibility index (Phi) is 4.99. The summed E-state index contributed by atoms with van der Waals surface area (Å²) in [5.41, 5.74) is 7.13. The molecule has 0 radical (unpaired) electrons. The second kappa shape index (κ2) is 7.17. The van der Waals surface area contributed by atoms with Gasteiger partial charge in [-0.05, 0) is 51.7 Å². The molecule has 3 aromatic rings. The second-order valence-electron chi connectivity index (χ2n) is 6.13. The van der Waals surface area contributed by atoms with Gasteiger partial charge in [0.15, 0.2) is 5.13 Å². The van der Waals surface area contributed by atoms with Crippen LogP contribution in [0.4, 0.5) is 5.13 Å². The predicted octanol–water partition coefficient (Wildman–Crippen LogP) is 3.11. The predicted molar refractivity (Wildman–Crippen MR) is 97.9 cm³/mol. The summed E-state index contributed by atoms with van der Waals surface area (Å²) in [6, 6.07) is 0. The quantitative estimate of drug-likeness (QED) is 0.691. The van der Waals surface area contributed by atoms with Crippen LogP contribution < -0.4 is 4.90 Å². The number of hydrogen-bond acceptors (Lipinski definition) is 5. The van der Waals surface area contributed by atoms with Gasteiger partial charge in [-0.15, -0.1) is 11.3 Å². The number of aromatic nitrogens is 5. The fraction of sp³-hybridized carbons (Fsp3) is 0.471. The second-order valence-corrected chi connectivity index (χ2v) is 7.00. The first-order chi connectivity index (χ1) is 11.6. The maximum atomic E-state index is 4.50. The molecule has 0 aliphatic carbocycles. The summed E-state index contributed by atoms with van der Waals surface area (Å²) in [7, 11) is 0. The number of H-pyrrole nitrogens is 2. The van der Waals surface area contributed by atoms with Crippen molar-refractivity contribution < 1.29 is 0 Å². The van der Waals surface area contributed by atoms with E-state index in [0.29, 0.717) is 0 Å². The largest absolute Gasteiger partial charge is 0.347 e. The van der Waals surface area contributed by atoms with Crippen molar-refractivity contribution in [3.63, 3.8) is 0 Å². The lowest BCUT2D eigenvalue weighted by Gasteiger charge is -2.22. The zero-order valence-corrected chi connectivity index (χ0v) is 15.5. The van der Waals surface area contributed by atoms with Gasteiger partial charge in [-0.1, -0.05) is 0 Å². The Hall–Kier alpha value is -2.15. The Labute approximate surface area is 146 Å². The number of aryl methyl sites for hydroxylation is 4. The van der Waals surface area contributed by atoms with Crippen LogP contribution >= 0.6 is 11.3 Å². The number of nitrogens with zero attached hydrogens (tertiary/aromatic N) is 4. The van der Waals surface area contributed by atoms with Crippen LogP contribution in [0.25, 0.3) is 0 Å². The third-order valence-corrected chi connectivity index (χ3v) is 5.35. The summed E-state index contributed by atoms with van der Waals surface area (Å²) in [4.78, 5) is 6.87. The van der Waals surface area contributed by atoms with Crippen molar-refractivity contribution in [2.75, 3.05) is 18.0 Å². The van der Waals surface area contributed by atoms with E-state index in [4.69, 9.17) is 0 Å². The van der Waals surface area contributed by atoms with Gasteiger partial charge in [-0.25, -0.2) is 4.98 Å². The minimum absolute atomic E-state index is 0.935. The smallest absolute Gasteiger partial charge is 0.185 e. The van der Waals surface area contributed by atoms with Crippen molar-refractivity contribution in [1.82, 2.24) is 25.4 Å². The first kappa shape index (κ1) is 16.7. The number of rotatable bonds is 7. The molecule has 0 aliphatic rings. The molecule has 3 heterocycles. The highest BCUT2D eigenvalue weighted by molar-refractivity contribution is 7.13. The highest BCUT2D eigenvalue weighted by atomic mass is 32.1. The summed E-state index contributed by atoms with van der Waals surface area (Å²) in [6.45, 7) is 10.2. The molecule has 0 aromatic carbocycles. The molecule has 2 N–H and O–H groups in total. The average molecular weight is 344 g/mol. The van der Waals surface area contributed by atoms with Gasteiger partial charge in [0.1, 0.15) is 0 Å². The van der Waals surface area contributed by atoms with Crippen LogP contribution in [0, 0.1) is 27.7 Å². The van der Waals surface area contributed by atoms with E-state index in [2.05, 4.69) is 58.0 Å². The molecule has 0 bridgehead atoms. The van der Waals surface area contributed by atoms with Crippen molar-refractivity contribution in [3.05, 3.63) is 45.5 Å². The van der Waals surface area contributed by atoms with Gasteiger partial charge in [0.2, 0.25) is 0 Å². The molecule has 3 rings (SSSR count). The van der Waals surface area contributed by atoms with Crippen molar-refractivity contribution in [1.29, 1.82) is 0 Å². The van der Waals surface area contributed by atoms with Crippen molar-refractivity contribution in [2.45, 2.75) is 40.5 Å². The van der Waals surface area contributed by atoms with Gasteiger partial charge in [-0.2, -0.15) is 10.2 Å². The molecule has 0 fully saturated rings. The molecule has 0 amide bonds. The maximum absolute atomic E-state index is 4.50. The number of nitrogens with one attached hydrogen (secondary N) is 2. The van der Waals surface area contributed by atoms with Crippen molar-refractivity contribution in [2.24, 2.45) is 0 Å². The van der Waals surface area contributed by atoms with Crippen LogP contribution in [-0.4, -0.2) is 38.5 Å². The minimum Gasteiger partial charge on any atom is -0.347 e. The van der Waals surface area contributed by atoms with E-state index >= 15 is 0 Å². The number of anilines is 1. The lowest BCUT2D eigenvalue weighted by Crippen LogP contribution is -2.28. The summed E-state index contributed by atoms with van der Waals surface area (Å²) < 4.78 is 0. The Morgan fingerprint density at radius 1 is 0.917 bits per heavy atom. The lowest BCUT2D eigenvalue weighted by molar-refractivity contribution is 0.759. The van der Waals surface area contributed by atoms with E-state index in [1.165, 1.54) is 11.1 Å². The standard InChI is InChI=1S/C17H24N6S/c1-11-15(12(2)20-19-11)5-8-23(17-18-7-10-24-17)9-6-16-13(3)21-22-14(16)4/h7,10H,5-6,8-9H2,1-4H3,(H,19,20)(H,21,22). The normalized spacial score (nSPS) is 11.2. The van der Waals surface area contributed by atoms with E-state index in [0.717, 1.165) is 53.8 Å². The Bertz CT molecular complexity index is 697. The maximum Gasteiger partial charge on any atom is 0.185 e. The van der Waals surface area contributed by atoms with Crippen LogP contribution in [0.15, 0.2) is 11.6 Å². The summed E-state index contributed by atoms with van der Waals surface area (Å²) in [6.07, 6.45) is 3.81. The molecule has 0 unspecified atom stereocenters. The van der Waals surface area contributed by atoms with Crippen LogP contribution in [0.5, 0.6) is 0 Å². The first-order valence-corrected chi connectivity index (χ1v) is 9.09. The number of hydrogen-bond donors (Lipinski definition) is 2. The molecule has 0 spiro atoms. The van der Waals surface area contributed by atoms with Gasteiger partial charge in [0, 0.05) is 36.1 Å². The Morgan fingerprint density at radius 3 is 1.83 bits per heavy atom. The number of aromatic amines is 2. The molecule has 24 heavy (non-hydrogen) atoms. The van der Waals surface area contributed by atoms with E-state index in [-0.39, 0.29) is 0 Å². The Morgan fingerprint density at radius 2 is 1.46 bits per heavy atom. The molecule has 0 saturated carbocycles. The fourth-order valence-corrected chi connectivity index (χ4v) is 3.75. The zero-order valence-electron chi connectivity index (χ0n) is 14.7. The molecule has 0 atom stereocenters. The van der Waals surface area contributed by atoms with E-state index in [1.807, 2.05) is 11.6 Å². The third-order valence-electron chi connectivity index (χ3n) is 4.51. The summed E-state index contributed by atoms with van der Waals surface area (Å²) in [5.74, 6) is 0. The zero-order chi connectivity index (χ0) is 17.1.